The summed E-state index contributed by atoms with van der Waals surface area (Å²) in [5.41, 5.74) is 11.4. The van der Waals surface area contributed by atoms with Gasteiger partial charge in [-0.15, -0.1) is 0 Å². The highest BCUT2D eigenvalue weighted by Crippen LogP contribution is 2.11. The molecule has 5 atom stereocenters. The van der Waals surface area contributed by atoms with Crippen molar-refractivity contribution in [3.63, 3.8) is 0 Å². The predicted octanol–water partition coefficient (Wildman–Crippen LogP) is -0.0613. The highest BCUT2D eigenvalue weighted by Gasteiger charge is 2.32. The molecular weight excluding hydrogens is 458 g/mol. The van der Waals surface area contributed by atoms with E-state index in [9.17, 15) is 29.1 Å². The number of aliphatic carboxylic acids is 2. The summed E-state index contributed by atoms with van der Waals surface area (Å²) >= 11 is 0. The first-order valence-electron chi connectivity index (χ1n) is 12.1. The fourth-order valence-corrected chi connectivity index (χ4v) is 3.40. The molecule has 35 heavy (non-hydrogen) atoms. The standard InChI is InChI=1S/C23H43N5O7/c1-5-14(4)19(28-20(31)15(25)12-13(2)3)22(33)26-16(9-10-18(29)30)21(32)27-17(23(34)35)8-6-7-11-24/h13-17,19H,5-12,24-25H2,1-4H3,(H,26,33)(H,27,32)(H,28,31)(H,29,30)(H,34,35). The van der Waals surface area contributed by atoms with Crippen molar-refractivity contribution in [3.8, 4) is 0 Å². The lowest BCUT2D eigenvalue weighted by Gasteiger charge is -2.28. The van der Waals surface area contributed by atoms with Gasteiger partial charge in [0.05, 0.1) is 6.04 Å². The third-order valence-electron chi connectivity index (χ3n) is 5.70. The first kappa shape index (κ1) is 32.3. The van der Waals surface area contributed by atoms with E-state index < -0.39 is 60.2 Å². The van der Waals surface area contributed by atoms with E-state index >= 15 is 0 Å². The summed E-state index contributed by atoms with van der Waals surface area (Å²) < 4.78 is 0. The van der Waals surface area contributed by atoms with Gasteiger partial charge in [-0.2, -0.15) is 0 Å². The largest absolute Gasteiger partial charge is 0.481 e. The van der Waals surface area contributed by atoms with E-state index in [-0.39, 0.29) is 24.7 Å². The second-order valence-electron chi connectivity index (χ2n) is 9.29. The summed E-state index contributed by atoms with van der Waals surface area (Å²) in [6, 6.07) is -4.34. The highest BCUT2D eigenvalue weighted by molar-refractivity contribution is 5.94. The van der Waals surface area contributed by atoms with Crippen LogP contribution in [0.2, 0.25) is 0 Å². The maximum Gasteiger partial charge on any atom is 0.326 e. The average Bonchev–Trinajstić information content (AvgIpc) is 2.77. The molecule has 3 amide bonds. The van der Waals surface area contributed by atoms with Crippen LogP contribution in [-0.4, -0.2) is 70.6 Å². The molecule has 0 aromatic heterocycles. The molecule has 12 nitrogen and oxygen atoms in total. The molecule has 0 heterocycles. The molecule has 9 N–H and O–H groups in total. The number of carbonyl (C=O) groups is 5. The number of carbonyl (C=O) groups excluding carboxylic acids is 3. The summed E-state index contributed by atoms with van der Waals surface area (Å²) in [6.45, 7) is 7.79. The zero-order valence-electron chi connectivity index (χ0n) is 21.2. The fraction of sp³-hybridized carbons (Fsp3) is 0.783. The predicted molar refractivity (Wildman–Crippen MR) is 130 cm³/mol. The molecule has 0 saturated carbocycles. The SMILES string of the molecule is CCC(C)C(NC(=O)C(N)CC(C)C)C(=O)NC(CCC(=O)O)C(=O)NC(CCCCN)C(=O)O. The lowest BCUT2D eigenvalue weighted by molar-refractivity contribution is -0.143. The molecule has 5 unspecified atom stereocenters. The Morgan fingerprint density at radius 2 is 1.43 bits per heavy atom. The van der Waals surface area contributed by atoms with Gasteiger partial charge in [0, 0.05) is 6.42 Å². The van der Waals surface area contributed by atoms with Crippen LogP contribution in [0.25, 0.3) is 0 Å². The van der Waals surface area contributed by atoms with Crippen LogP contribution in [0.3, 0.4) is 0 Å². The third-order valence-corrected chi connectivity index (χ3v) is 5.70. The van der Waals surface area contributed by atoms with Gasteiger partial charge in [0.25, 0.3) is 0 Å². The number of carboxylic acids is 2. The van der Waals surface area contributed by atoms with Crippen LogP contribution < -0.4 is 27.4 Å². The topological polar surface area (TPSA) is 214 Å². The van der Waals surface area contributed by atoms with Crippen LogP contribution in [0.4, 0.5) is 0 Å². The quantitative estimate of drug-likeness (QED) is 0.125. The van der Waals surface area contributed by atoms with E-state index in [0.29, 0.717) is 32.2 Å². The minimum atomic E-state index is -1.30. The Morgan fingerprint density at radius 3 is 1.91 bits per heavy atom. The van der Waals surface area contributed by atoms with E-state index in [2.05, 4.69) is 16.0 Å². The normalized spacial score (nSPS) is 15.4. The number of rotatable bonds is 18. The van der Waals surface area contributed by atoms with E-state index in [1.165, 1.54) is 0 Å². The van der Waals surface area contributed by atoms with Crippen molar-refractivity contribution in [1.29, 1.82) is 0 Å². The van der Waals surface area contributed by atoms with Crippen molar-refractivity contribution in [3.05, 3.63) is 0 Å². The molecule has 0 aliphatic rings. The first-order valence-corrected chi connectivity index (χ1v) is 12.1. The Balaban J connectivity index is 5.57. The average molecular weight is 502 g/mol. The minimum absolute atomic E-state index is 0.136. The number of unbranched alkanes of at least 4 members (excludes halogenated alkanes) is 1. The van der Waals surface area contributed by atoms with Crippen molar-refractivity contribution >= 4 is 29.7 Å². The van der Waals surface area contributed by atoms with Crippen molar-refractivity contribution in [2.75, 3.05) is 6.54 Å². The second-order valence-corrected chi connectivity index (χ2v) is 9.29. The Hall–Kier alpha value is -2.73. The van der Waals surface area contributed by atoms with Crippen LogP contribution in [0.5, 0.6) is 0 Å². The monoisotopic (exact) mass is 501 g/mol. The van der Waals surface area contributed by atoms with Gasteiger partial charge in [0.15, 0.2) is 0 Å². The van der Waals surface area contributed by atoms with Crippen LogP contribution in [-0.2, 0) is 24.0 Å². The van der Waals surface area contributed by atoms with Gasteiger partial charge in [-0.05, 0) is 50.5 Å². The van der Waals surface area contributed by atoms with E-state index in [4.69, 9.17) is 16.6 Å². The van der Waals surface area contributed by atoms with Crippen molar-refractivity contribution in [2.24, 2.45) is 23.3 Å². The zero-order valence-corrected chi connectivity index (χ0v) is 21.2. The Labute approximate surface area is 206 Å². The summed E-state index contributed by atoms with van der Waals surface area (Å²) in [6.07, 6.45) is 1.46. The molecule has 0 aromatic rings. The Bertz CT molecular complexity index is 716. The molecule has 0 bridgehead atoms. The number of hydrogen-bond donors (Lipinski definition) is 7. The maximum atomic E-state index is 13.1. The number of amides is 3. The zero-order chi connectivity index (χ0) is 27.1. The lowest BCUT2D eigenvalue weighted by Crippen LogP contribution is -2.58. The number of hydrogen-bond acceptors (Lipinski definition) is 7. The molecule has 12 heteroatoms. The first-order chi connectivity index (χ1) is 16.3. The smallest absolute Gasteiger partial charge is 0.326 e. The number of nitrogens with two attached hydrogens (primary N) is 2. The molecule has 0 radical (unpaired) electrons. The van der Waals surface area contributed by atoms with Crippen LogP contribution in [0.15, 0.2) is 0 Å². The van der Waals surface area contributed by atoms with E-state index in [0.717, 1.165) is 0 Å². The Kier molecular flexibility index (Phi) is 15.5. The van der Waals surface area contributed by atoms with Gasteiger partial charge in [-0.1, -0.05) is 34.1 Å². The summed E-state index contributed by atoms with van der Waals surface area (Å²) in [4.78, 5) is 61.1. The van der Waals surface area contributed by atoms with E-state index in [1.807, 2.05) is 20.8 Å². The molecule has 0 saturated heterocycles. The molecular formula is C23H43N5O7. The van der Waals surface area contributed by atoms with Crippen molar-refractivity contribution in [2.45, 2.75) is 96.8 Å². The highest BCUT2D eigenvalue weighted by atomic mass is 16.4. The molecule has 0 aliphatic heterocycles. The maximum absolute atomic E-state index is 13.1. The molecule has 0 rings (SSSR count). The molecule has 0 fully saturated rings. The third kappa shape index (κ3) is 13.1. The minimum Gasteiger partial charge on any atom is -0.481 e. The van der Waals surface area contributed by atoms with Gasteiger partial charge >= 0.3 is 11.9 Å². The van der Waals surface area contributed by atoms with Gasteiger partial charge in [-0.25, -0.2) is 4.79 Å². The number of nitrogens with one attached hydrogen (secondary N) is 3. The van der Waals surface area contributed by atoms with Crippen LogP contribution in [0.1, 0.15) is 72.6 Å². The van der Waals surface area contributed by atoms with Gasteiger partial charge in [0.2, 0.25) is 17.7 Å². The number of carboxylic acid groups (broad SMARTS) is 2. The summed E-state index contributed by atoms with van der Waals surface area (Å²) in [5.74, 6) is -4.56. The van der Waals surface area contributed by atoms with Crippen LogP contribution >= 0.6 is 0 Å². The van der Waals surface area contributed by atoms with Crippen molar-refractivity contribution in [1.82, 2.24) is 16.0 Å². The van der Waals surface area contributed by atoms with E-state index in [1.54, 1.807) is 6.92 Å². The summed E-state index contributed by atoms with van der Waals surface area (Å²) in [7, 11) is 0. The van der Waals surface area contributed by atoms with Crippen molar-refractivity contribution < 1.29 is 34.2 Å². The molecule has 202 valence electrons. The second kappa shape index (κ2) is 16.8. The summed E-state index contributed by atoms with van der Waals surface area (Å²) in [5, 5.41) is 26.0. The van der Waals surface area contributed by atoms with Gasteiger partial charge < -0.3 is 37.6 Å². The fourth-order valence-electron chi connectivity index (χ4n) is 3.40. The van der Waals surface area contributed by atoms with Gasteiger partial charge in [0.1, 0.15) is 18.1 Å². The lowest BCUT2D eigenvalue weighted by atomic mass is 9.96. The van der Waals surface area contributed by atoms with Gasteiger partial charge in [-0.3, -0.25) is 19.2 Å². The molecule has 0 aromatic carbocycles. The molecule has 0 spiro atoms. The Morgan fingerprint density at radius 1 is 0.829 bits per heavy atom. The van der Waals surface area contributed by atoms with Crippen LogP contribution in [0, 0.1) is 11.8 Å². The molecule has 0 aliphatic carbocycles.